The highest BCUT2D eigenvalue weighted by Crippen LogP contribution is 2.34. The van der Waals surface area contributed by atoms with Gasteiger partial charge in [-0.15, -0.1) is 0 Å². The third-order valence-electron chi connectivity index (χ3n) is 9.48. The highest BCUT2D eigenvalue weighted by Gasteiger charge is 2.55. The van der Waals surface area contributed by atoms with Crippen LogP contribution >= 0.6 is 0 Å². The Morgan fingerprint density at radius 1 is 0.481 bits per heavy atom. The van der Waals surface area contributed by atoms with Crippen molar-refractivity contribution in [2.24, 2.45) is 0 Å². The molecule has 20 atom stereocenters. The summed E-state index contributed by atoms with van der Waals surface area (Å²) in [5.41, 5.74) is -0.251. The van der Waals surface area contributed by atoms with Crippen LogP contribution in [0.2, 0.25) is 0 Å². The van der Waals surface area contributed by atoms with Crippen molar-refractivity contribution in [3.05, 3.63) is 34.4 Å². The van der Waals surface area contributed by atoms with E-state index in [0.717, 1.165) is 12.1 Å². The van der Waals surface area contributed by atoms with Gasteiger partial charge in [0.2, 0.25) is 6.29 Å². The van der Waals surface area contributed by atoms with E-state index in [1.165, 1.54) is 12.1 Å². The van der Waals surface area contributed by atoms with E-state index < -0.39 is 154 Å². The van der Waals surface area contributed by atoms with E-state index in [1.54, 1.807) is 0 Å². The highest BCUT2D eigenvalue weighted by atomic mass is 16.8. The Kier molecular flexibility index (Phi) is 14.5. The monoisotopic (exact) mass is 787 g/mol. The van der Waals surface area contributed by atoms with Gasteiger partial charge < -0.3 is 104 Å². The van der Waals surface area contributed by atoms with Crippen molar-refractivity contribution < 1.29 is 109 Å². The number of rotatable bonds is 13. The first-order valence-electron chi connectivity index (χ1n) is 16.7. The highest BCUT2D eigenvalue weighted by molar-refractivity contribution is 5.36. The average Bonchev–Trinajstić information content (AvgIpc) is 3.16. The van der Waals surface area contributed by atoms with Crippen LogP contribution in [0.4, 0.5) is 5.69 Å². The molecule has 4 fully saturated rings. The van der Waals surface area contributed by atoms with Crippen LogP contribution in [0.5, 0.6) is 5.75 Å². The summed E-state index contributed by atoms with van der Waals surface area (Å²) in [5.74, 6) is 0.000590. The van der Waals surface area contributed by atoms with Crippen LogP contribution in [0.3, 0.4) is 0 Å². The topological polar surface area (TPSA) is 380 Å². The zero-order chi connectivity index (χ0) is 39.6. The lowest BCUT2D eigenvalue weighted by Gasteiger charge is -2.49. The number of benzene rings is 1. The number of nitrogens with zero attached hydrogens (tertiary/aromatic N) is 1. The van der Waals surface area contributed by atoms with Gasteiger partial charge in [0.25, 0.3) is 5.69 Å². The fourth-order valence-corrected chi connectivity index (χ4v) is 6.41. The molecule has 1 aromatic carbocycles. The maximum Gasteiger partial charge on any atom is 0.269 e. The number of non-ortho nitro benzene ring substituents is 1. The molecule has 0 aliphatic carbocycles. The normalized spacial score (nSPS) is 45.9. The smallest absolute Gasteiger partial charge is 0.269 e. The molecule has 0 amide bonds. The molecule has 0 saturated carbocycles. The molecule has 24 nitrogen and oxygen atoms in total. The van der Waals surface area contributed by atoms with E-state index in [2.05, 4.69) is 0 Å². The van der Waals surface area contributed by atoms with Crippen molar-refractivity contribution in [3.63, 3.8) is 0 Å². The summed E-state index contributed by atoms with van der Waals surface area (Å²) >= 11 is 0. The van der Waals surface area contributed by atoms with Gasteiger partial charge in [-0.05, 0) is 12.1 Å². The molecule has 54 heavy (non-hydrogen) atoms. The van der Waals surface area contributed by atoms with Gasteiger partial charge in [0.1, 0.15) is 103 Å². The van der Waals surface area contributed by atoms with Gasteiger partial charge in [0.15, 0.2) is 18.9 Å². The van der Waals surface area contributed by atoms with Gasteiger partial charge in [-0.1, -0.05) is 0 Å². The number of nitro groups is 1. The Bertz CT molecular complexity index is 1340. The molecule has 0 bridgehead atoms. The standard InChI is InChI=1S/C30H45NO23/c32-5-11-15(36)16(37)20(41)28(48-11)52-25-13(7-34)50-30(22(43)18(25)39)54-26-14(8-35)51-29(23(44)19(26)40)53-24-12(6-33)49-27(21(42)17(24)38)47-10-3-1-9(2-4-10)31(45)46/h1-4,11-30,32-44H,5-8H2/t11-,12-,13-,14-,15-,16+,17-,18-,19-,20-,21-,22-,23-,24-,25-,26-,27-,28-,29-,30-/m1/s1. The van der Waals surface area contributed by atoms with Crippen molar-refractivity contribution in [2.75, 3.05) is 26.4 Å². The van der Waals surface area contributed by atoms with Gasteiger partial charge in [0.05, 0.1) is 31.4 Å². The van der Waals surface area contributed by atoms with Crippen molar-refractivity contribution >= 4 is 5.69 Å². The first-order chi connectivity index (χ1) is 25.6. The van der Waals surface area contributed by atoms with E-state index in [-0.39, 0.29) is 11.4 Å². The number of aliphatic hydroxyl groups is 13. The van der Waals surface area contributed by atoms with Gasteiger partial charge in [-0.2, -0.15) is 0 Å². The minimum Gasteiger partial charge on any atom is -0.462 e. The molecule has 4 saturated heterocycles. The number of ether oxygens (including phenoxy) is 8. The van der Waals surface area contributed by atoms with Crippen LogP contribution in [0, 0.1) is 10.1 Å². The Morgan fingerprint density at radius 3 is 1.19 bits per heavy atom. The van der Waals surface area contributed by atoms with Gasteiger partial charge in [-0.3, -0.25) is 10.1 Å². The second-order valence-electron chi connectivity index (χ2n) is 13.0. The Hall–Kier alpha value is -2.38. The summed E-state index contributed by atoms with van der Waals surface area (Å²) in [5, 5.41) is 146. The van der Waals surface area contributed by atoms with Crippen molar-refractivity contribution in [2.45, 2.75) is 123 Å². The largest absolute Gasteiger partial charge is 0.462 e. The van der Waals surface area contributed by atoms with Crippen LogP contribution in [0.25, 0.3) is 0 Å². The Labute approximate surface area is 304 Å². The summed E-state index contributed by atoms with van der Waals surface area (Å²) in [4.78, 5) is 10.3. The lowest BCUT2D eigenvalue weighted by molar-refractivity contribution is -0.387. The number of aliphatic hydroxyl groups excluding tert-OH is 13. The summed E-state index contributed by atoms with van der Waals surface area (Å²) in [6, 6.07) is 4.64. The molecule has 0 radical (unpaired) electrons. The van der Waals surface area contributed by atoms with Crippen LogP contribution < -0.4 is 4.74 Å². The minimum atomic E-state index is -2.06. The van der Waals surface area contributed by atoms with Crippen molar-refractivity contribution in [1.29, 1.82) is 0 Å². The predicted octanol–water partition coefficient (Wildman–Crippen LogP) is -7.75. The first-order valence-corrected chi connectivity index (χ1v) is 16.7. The third-order valence-corrected chi connectivity index (χ3v) is 9.48. The average molecular weight is 788 g/mol. The lowest BCUT2D eigenvalue weighted by Crippen LogP contribution is -2.67. The van der Waals surface area contributed by atoms with Gasteiger partial charge >= 0.3 is 0 Å². The van der Waals surface area contributed by atoms with E-state index in [1.807, 2.05) is 0 Å². The summed E-state index contributed by atoms with van der Waals surface area (Å²) < 4.78 is 44.2. The number of hydrogen-bond donors (Lipinski definition) is 13. The predicted molar refractivity (Wildman–Crippen MR) is 165 cm³/mol. The molecule has 5 rings (SSSR count). The molecular formula is C30H45NO23. The van der Waals surface area contributed by atoms with Crippen LogP contribution in [0.1, 0.15) is 0 Å². The molecular weight excluding hydrogens is 742 g/mol. The van der Waals surface area contributed by atoms with E-state index in [9.17, 15) is 76.5 Å². The second kappa shape index (κ2) is 18.3. The quantitative estimate of drug-likeness (QED) is 0.0652. The second-order valence-corrected chi connectivity index (χ2v) is 13.0. The number of nitro benzene ring substituents is 1. The van der Waals surface area contributed by atoms with Gasteiger partial charge in [0, 0.05) is 12.1 Å². The fraction of sp³-hybridized carbons (Fsp3) is 0.800. The zero-order valence-corrected chi connectivity index (χ0v) is 28.0. The van der Waals surface area contributed by atoms with Crippen molar-refractivity contribution in [3.8, 4) is 5.75 Å². The van der Waals surface area contributed by atoms with Crippen LogP contribution in [-0.2, 0) is 33.2 Å². The third kappa shape index (κ3) is 8.77. The Balaban J connectivity index is 1.22. The van der Waals surface area contributed by atoms with E-state index in [4.69, 9.17) is 37.9 Å². The summed E-state index contributed by atoms with van der Waals surface area (Å²) in [6.45, 7) is -3.50. The van der Waals surface area contributed by atoms with E-state index in [0.29, 0.717) is 0 Å². The maximum absolute atomic E-state index is 11.1. The first kappa shape index (κ1) is 42.8. The molecule has 24 heteroatoms. The molecule has 0 unspecified atom stereocenters. The van der Waals surface area contributed by atoms with Crippen LogP contribution in [-0.4, -0.2) is 221 Å². The van der Waals surface area contributed by atoms with Gasteiger partial charge in [-0.25, -0.2) is 0 Å². The molecule has 308 valence electrons. The molecule has 1 aromatic rings. The minimum absolute atomic E-state index is 0.000590. The molecule has 0 spiro atoms. The lowest BCUT2D eigenvalue weighted by atomic mass is 9.95. The molecule has 0 aromatic heterocycles. The fourth-order valence-electron chi connectivity index (χ4n) is 6.41. The molecule has 4 aliphatic rings. The number of hydrogen-bond acceptors (Lipinski definition) is 23. The summed E-state index contributed by atoms with van der Waals surface area (Å²) in [6.07, 6.45) is -35.7. The van der Waals surface area contributed by atoms with E-state index >= 15 is 0 Å². The molecule has 13 N–H and O–H groups in total. The van der Waals surface area contributed by atoms with Crippen LogP contribution in [0.15, 0.2) is 24.3 Å². The molecule has 4 heterocycles. The summed E-state index contributed by atoms with van der Waals surface area (Å²) in [7, 11) is 0. The SMILES string of the molecule is O=[N+]([O-])c1ccc(O[C@@H]2O[C@H](CO)[C@@H](O[C@H]3O[C@H](CO)[C@@H](O[C@H]4O[C@H](CO)[C@@H](O[C@H]5O[C@H](CO)[C@@H](O)[C@H](O)[C@H]5O)[C@H](O)[C@H]4O)[C@H](O)[C@H]3O)[C@H](O)[C@H]2O)cc1. The zero-order valence-electron chi connectivity index (χ0n) is 28.0. The maximum atomic E-state index is 11.1. The molecule has 4 aliphatic heterocycles. The van der Waals surface area contributed by atoms with Crippen molar-refractivity contribution in [1.82, 2.24) is 0 Å². The Morgan fingerprint density at radius 2 is 0.815 bits per heavy atom.